The highest BCUT2D eigenvalue weighted by atomic mass is 15.0. The Kier molecular flexibility index (Phi) is 3.82. The van der Waals surface area contributed by atoms with Gasteiger partial charge < -0.3 is 5.32 Å². The molecule has 2 heterocycles. The summed E-state index contributed by atoms with van der Waals surface area (Å²) >= 11 is 0. The van der Waals surface area contributed by atoms with E-state index in [4.69, 9.17) is 5.26 Å². The summed E-state index contributed by atoms with van der Waals surface area (Å²) in [5, 5.41) is 12.2. The van der Waals surface area contributed by atoms with Gasteiger partial charge in [0.1, 0.15) is 17.6 Å². The van der Waals surface area contributed by atoms with Gasteiger partial charge in [-0.15, -0.1) is 0 Å². The van der Waals surface area contributed by atoms with Crippen molar-refractivity contribution in [1.29, 1.82) is 5.26 Å². The van der Waals surface area contributed by atoms with E-state index in [1.165, 1.54) is 0 Å². The number of hydrogen-bond acceptors (Lipinski definition) is 5. The fourth-order valence-electron chi connectivity index (χ4n) is 1.50. The zero-order chi connectivity index (χ0) is 12.8. The van der Waals surface area contributed by atoms with Crippen LogP contribution in [0.25, 0.3) is 11.4 Å². The average Bonchev–Trinajstić information content (AvgIpc) is 2.45. The van der Waals surface area contributed by atoms with Crippen LogP contribution in [0.2, 0.25) is 0 Å². The highest BCUT2D eigenvalue weighted by Gasteiger charge is 2.07. The Morgan fingerprint density at radius 2 is 2.17 bits per heavy atom. The van der Waals surface area contributed by atoms with E-state index >= 15 is 0 Å². The van der Waals surface area contributed by atoms with Gasteiger partial charge in [0.15, 0.2) is 0 Å². The van der Waals surface area contributed by atoms with Gasteiger partial charge in [0, 0.05) is 18.9 Å². The quantitative estimate of drug-likeness (QED) is 0.885. The summed E-state index contributed by atoms with van der Waals surface area (Å²) in [7, 11) is 0. The van der Waals surface area contributed by atoms with Gasteiger partial charge in [-0.05, 0) is 18.6 Å². The number of rotatable bonds is 4. The van der Waals surface area contributed by atoms with Crippen LogP contribution in [0.3, 0.4) is 0 Å². The van der Waals surface area contributed by atoms with Gasteiger partial charge in [0.2, 0.25) is 0 Å². The Balaban J connectivity index is 2.37. The summed E-state index contributed by atoms with van der Waals surface area (Å²) in [4.78, 5) is 12.6. The van der Waals surface area contributed by atoms with E-state index in [2.05, 4.69) is 33.3 Å². The number of hydrogen-bond donors (Lipinski definition) is 1. The highest BCUT2D eigenvalue weighted by molar-refractivity contribution is 5.61. The molecule has 18 heavy (non-hydrogen) atoms. The van der Waals surface area contributed by atoms with Gasteiger partial charge in [-0.1, -0.05) is 6.92 Å². The number of aromatic nitrogens is 3. The van der Waals surface area contributed by atoms with Gasteiger partial charge in [-0.2, -0.15) is 5.26 Å². The minimum absolute atomic E-state index is 0.538. The van der Waals surface area contributed by atoms with E-state index in [1.54, 1.807) is 30.7 Å². The first kappa shape index (κ1) is 12.0. The predicted molar refractivity (Wildman–Crippen MR) is 68.8 cm³/mol. The largest absolute Gasteiger partial charge is 0.369 e. The molecule has 0 saturated heterocycles. The Morgan fingerprint density at radius 3 is 2.83 bits per heavy atom. The van der Waals surface area contributed by atoms with Crippen LogP contribution in [-0.2, 0) is 0 Å². The first-order valence-corrected chi connectivity index (χ1v) is 5.76. The van der Waals surface area contributed by atoms with Crippen molar-refractivity contribution in [2.75, 3.05) is 11.9 Å². The normalized spacial score (nSPS) is 9.78. The molecule has 0 atom stereocenters. The van der Waals surface area contributed by atoms with Crippen molar-refractivity contribution in [3.8, 4) is 17.5 Å². The van der Waals surface area contributed by atoms with Crippen LogP contribution >= 0.6 is 0 Å². The maximum Gasteiger partial charge on any atom is 0.144 e. The summed E-state index contributed by atoms with van der Waals surface area (Å²) in [5.41, 5.74) is 1.94. The van der Waals surface area contributed by atoms with Crippen molar-refractivity contribution in [3.05, 3.63) is 36.3 Å². The molecular weight excluding hydrogens is 226 g/mol. The summed E-state index contributed by atoms with van der Waals surface area (Å²) in [5.74, 6) is 0.600. The minimum Gasteiger partial charge on any atom is -0.369 e. The summed E-state index contributed by atoms with van der Waals surface area (Å²) in [6.45, 7) is 2.84. The lowest BCUT2D eigenvalue weighted by atomic mass is 10.2. The van der Waals surface area contributed by atoms with Gasteiger partial charge in [0.25, 0.3) is 0 Å². The van der Waals surface area contributed by atoms with Crippen LogP contribution in [0.1, 0.15) is 18.9 Å². The second-order valence-electron chi connectivity index (χ2n) is 3.72. The fraction of sp³-hybridized carbons (Fsp3) is 0.231. The molecule has 90 valence electrons. The fourth-order valence-corrected chi connectivity index (χ4v) is 1.50. The molecule has 0 saturated carbocycles. The van der Waals surface area contributed by atoms with Crippen molar-refractivity contribution in [1.82, 2.24) is 15.0 Å². The smallest absolute Gasteiger partial charge is 0.144 e. The molecule has 5 nitrogen and oxygen atoms in total. The Morgan fingerprint density at radius 1 is 1.28 bits per heavy atom. The number of pyridine rings is 1. The lowest BCUT2D eigenvalue weighted by molar-refractivity contribution is 0.968. The van der Waals surface area contributed by atoms with Crippen molar-refractivity contribution in [3.63, 3.8) is 0 Å². The standard InChI is InChI=1S/C13H13N5/c1-2-5-17-13-10(8-14)3-4-11(18-13)12-9-15-6-7-16-12/h3-4,6-7,9H,2,5H2,1H3,(H,17,18). The Bertz CT molecular complexity index is 559. The summed E-state index contributed by atoms with van der Waals surface area (Å²) < 4.78 is 0. The third-order valence-corrected chi connectivity index (χ3v) is 2.38. The second-order valence-corrected chi connectivity index (χ2v) is 3.72. The molecule has 0 aliphatic rings. The monoisotopic (exact) mass is 239 g/mol. The summed E-state index contributed by atoms with van der Waals surface area (Å²) in [6, 6.07) is 5.64. The molecule has 2 aromatic rings. The molecule has 0 fully saturated rings. The van der Waals surface area contributed by atoms with E-state index in [9.17, 15) is 0 Å². The first-order valence-electron chi connectivity index (χ1n) is 5.76. The maximum absolute atomic E-state index is 9.02. The minimum atomic E-state index is 0.538. The number of nitriles is 1. The van der Waals surface area contributed by atoms with Gasteiger partial charge in [-0.25, -0.2) is 4.98 Å². The van der Waals surface area contributed by atoms with Crippen LogP contribution < -0.4 is 5.32 Å². The molecule has 2 aromatic heterocycles. The second kappa shape index (κ2) is 5.73. The highest BCUT2D eigenvalue weighted by Crippen LogP contribution is 2.19. The zero-order valence-electron chi connectivity index (χ0n) is 10.1. The molecule has 0 radical (unpaired) electrons. The molecule has 0 bridgehead atoms. The van der Waals surface area contributed by atoms with Crippen LogP contribution in [0.15, 0.2) is 30.7 Å². The Labute approximate surface area is 106 Å². The maximum atomic E-state index is 9.02. The summed E-state index contributed by atoms with van der Waals surface area (Å²) in [6.07, 6.45) is 5.86. The van der Waals surface area contributed by atoms with E-state index in [0.717, 1.165) is 13.0 Å². The molecule has 1 N–H and O–H groups in total. The van der Waals surface area contributed by atoms with Crippen molar-refractivity contribution in [2.45, 2.75) is 13.3 Å². The van der Waals surface area contributed by atoms with Crippen LogP contribution in [0.5, 0.6) is 0 Å². The molecule has 5 heteroatoms. The molecule has 0 aromatic carbocycles. The number of nitrogens with zero attached hydrogens (tertiary/aromatic N) is 4. The number of anilines is 1. The molecule has 0 aliphatic heterocycles. The van der Waals surface area contributed by atoms with Crippen LogP contribution in [0.4, 0.5) is 5.82 Å². The van der Waals surface area contributed by atoms with Crippen molar-refractivity contribution < 1.29 is 0 Å². The van der Waals surface area contributed by atoms with Gasteiger partial charge >= 0.3 is 0 Å². The molecule has 2 rings (SSSR count). The average molecular weight is 239 g/mol. The van der Waals surface area contributed by atoms with Gasteiger partial charge in [-0.3, -0.25) is 9.97 Å². The topological polar surface area (TPSA) is 74.5 Å². The van der Waals surface area contributed by atoms with Crippen molar-refractivity contribution >= 4 is 5.82 Å². The third kappa shape index (κ3) is 2.61. The number of nitrogens with one attached hydrogen (secondary N) is 1. The lowest BCUT2D eigenvalue weighted by Gasteiger charge is -2.07. The predicted octanol–water partition coefficient (Wildman–Crippen LogP) is 2.23. The Hall–Kier alpha value is -2.48. The van der Waals surface area contributed by atoms with E-state index in [-0.39, 0.29) is 0 Å². The van der Waals surface area contributed by atoms with Crippen LogP contribution in [0, 0.1) is 11.3 Å². The third-order valence-electron chi connectivity index (χ3n) is 2.38. The van der Waals surface area contributed by atoms with E-state index in [0.29, 0.717) is 22.8 Å². The lowest BCUT2D eigenvalue weighted by Crippen LogP contribution is -2.05. The molecule has 0 spiro atoms. The SMILES string of the molecule is CCCNc1nc(-c2cnccn2)ccc1C#N. The molecular formula is C13H13N5. The molecule has 0 unspecified atom stereocenters. The van der Waals surface area contributed by atoms with E-state index in [1.807, 2.05) is 0 Å². The van der Waals surface area contributed by atoms with Crippen molar-refractivity contribution in [2.24, 2.45) is 0 Å². The molecule has 0 aliphatic carbocycles. The van der Waals surface area contributed by atoms with Gasteiger partial charge in [0.05, 0.1) is 17.5 Å². The van der Waals surface area contributed by atoms with Crippen LogP contribution in [-0.4, -0.2) is 21.5 Å². The molecule has 0 amide bonds. The first-order chi connectivity index (χ1) is 8.85. The van der Waals surface area contributed by atoms with E-state index < -0.39 is 0 Å². The zero-order valence-corrected chi connectivity index (χ0v) is 10.1.